The molecule has 4 aromatic carbocycles. The van der Waals surface area contributed by atoms with E-state index in [2.05, 4.69) is 368 Å². The number of hydrogen-bond donors (Lipinski definition) is 0. The zero-order valence-corrected chi connectivity index (χ0v) is 48.7. The Balaban J connectivity index is 2.09. The monoisotopic (exact) mass is 1940 g/mol. The fraction of sp³-hybridized carbons (Fsp3) is 0.143. The van der Waals surface area contributed by atoms with Gasteiger partial charge in [0.15, 0.2) is 0 Å². The molecule has 0 aromatic heterocycles. The van der Waals surface area contributed by atoms with Crippen LogP contribution in [0.15, 0.2) is 97.1 Å². The van der Waals surface area contributed by atoms with Crippen molar-refractivity contribution in [1.82, 2.24) is 0 Å². The molecule has 0 aliphatic heterocycles. The molecule has 0 amide bonds. The Kier molecular flexibility index (Phi) is 15.9. The molecule has 41 heavy (non-hydrogen) atoms. The first-order valence-electron chi connectivity index (χ1n) is 11.7. The molecule has 4 rings (SSSR count). The van der Waals surface area contributed by atoms with Crippen LogP contribution in [-0.2, 0) is -2.26 Å². The Morgan fingerprint density at radius 1 is 0.268 bits per heavy atom. The van der Waals surface area contributed by atoms with Crippen LogP contribution in [0.5, 0.6) is 0 Å². The van der Waals surface area contributed by atoms with Crippen LogP contribution in [0.4, 0.5) is 0 Å². The molecule has 0 spiro atoms. The van der Waals surface area contributed by atoms with Gasteiger partial charge in [0.25, 0.3) is 0 Å². The van der Waals surface area contributed by atoms with E-state index in [1.807, 2.05) is 0 Å². The molecule has 0 atom stereocenters. The summed E-state index contributed by atoms with van der Waals surface area (Å²) in [4.78, 5) is 0. The molecular formula is C28H16GaI12-. The molecule has 0 N–H and O–H groups in total. The fourth-order valence-electron chi connectivity index (χ4n) is 5.00. The minimum absolute atomic E-state index is 0.0206. The van der Waals surface area contributed by atoms with Gasteiger partial charge >= 0.3 is 420 Å². The molecule has 0 radical (unpaired) electrons. The van der Waals surface area contributed by atoms with Crippen molar-refractivity contribution in [1.29, 1.82) is 0 Å². The molecule has 0 saturated heterocycles. The van der Waals surface area contributed by atoms with Crippen molar-refractivity contribution in [3.8, 4) is 0 Å². The van der Waals surface area contributed by atoms with Crippen molar-refractivity contribution >= 4 is 303 Å². The predicted molar refractivity (Wildman–Crippen MR) is 285 cm³/mol. The molecule has 0 bridgehead atoms. The third-order valence-electron chi connectivity index (χ3n) is 6.95. The number of benzene rings is 4. The average molecular weight is 1950 g/mol. The van der Waals surface area contributed by atoms with E-state index in [4.69, 9.17) is 0 Å². The van der Waals surface area contributed by atoms with Crippen molar-refractivity contribution in [3.05, 3.63) is 119 Å². The SMILES string of the molecule is IC(I)(I)c1cc[c]([Ga-]([c]2ccc(C(I)(I)I)cc2)([c]2ccc(C(I)(I)I)cc2)[c]2ccc(C(I)(I)I)cc2)cc1. The van der Waals surface area contributed by atoms with Crippen molar-refractivity contribution < 1.29 is 0 Å². The number of rotatable bonds is 8. The van der Waals surface area contributed by atoms with E-state index in [0.717, 1.165) is 0 Å². The van der Waals surface area contributed by atoms with Crippen LogP contribution in [0.3, 0.4) is 0 Å². The standard InChI is InChI=1S/4C7H4I3.Ga/c4*8-7(9,10)6-4-2-1-3-5-6;/h4*2-5H;/q;;;;-1. The zero-order valence-electron chi connectivity index (χ0n) is 20.4. The zero-order chi connectivity index (χ0) is 30.4. The van der Waals surface area contributed by atoms with Crippen LogP contribution >= 0.6 is 271 Å². The molecule has 0 unspecified atom stereocenters. The van der Waals surface area contributed by atoms with Gasteiger partial charge in [-0.3, -0.25) is 0 Å². The Hall–Kier alpha value is 6.28. The van der Waals surface area contributed by atoms with Crippen LogP contribution in [-0.4, -0.2) is 15.0 Å². The number of halogens is 12. The summed E-state index contributed by atoms with van der Waals surface area (Å²) in [5.41, 5.74) is 5.34. The predicted octanol–water partition coefficient (Wildman–Crippen LogP) is 12.7. The Labute approximate surface area is 409 Å². The second-order valence-electron chi connectivity index (χ2n) is 9.35. The third kappa shape index (κ3) is 10.2. The normalized spacial score (nSPS) is 13.4. The van der Waals surface area contributed by atoms with Gasteiger partial charge in [0.2, 0.25) is 0 Å². The van der Waals surface area contributed by atoms with E-state index in [1.165, 1.54) is 38.7 Å². The van der Waals surface area contributed by atoms with Crippen LogP contribution in [0.25, 0.3) is 0 Å². The Bertz CT molecular complexity index is 1240. The van der Waals surface area contributed by atoms with Gasteiger partial charge in [-0.25, -0.2) is 0 Å². The van der Waals surface area contributed by atoms with E-state index < -0.39 is 15.0 Å². The molecule has 0 heterocycles. The summed E-state index contributed by atoms with van der Waals surface area (Å²) < 4.78 is 5.96. The minimum atomic E-state index is -3.66. The topological polar surface area (TPSA) is 0 Å². The molecule has 0 fully saturated rings. The van der Waals surface area contributed by atoms with Gasteiger partial charge in [0, 0.05) is 0 Å². The van der Waals surface area contributed by atoms with Gasteiger partial charge in [0.1, 0.15) is 0 Å². The average Bonchev–Trinajstić information content (AvgIpc) is 2.88. The summed E-state index contributed by atoms with van der Waals surface area (Å²) in [5, 5.41) is 0. The third-order valence-corrected chi connectivity index (χ3v) is 26.0. The second kappa shape index (κ2) is 16.3. The molecule has 0 aliphatic carbocycles. The summed E-state index contributed by atoms with van der Waals surface area (Å²) in [6, 6.07) is 38.3. The van der Waals surface area contributed by atoms with Gasteiger partial charge in [-0.15, -0.1) is 0 Å². The van der Waals surface area contributed by atoms with Crippen LogP contribution in [0.2, 0.25) is 0 Å². The summed E-state index contributed by atoms with van der Waals surface area (Å²) in [6.07, 6.45) is 0. The first-order chi connectivity index (χ1) is 18.8. The number of alkyl halides is 12. The van der Waals surface area contributed by atoms with Crippen molar-refractivity contribution in [3.63, 3.8) is 0 Å². The van der Waals surface area contributed by atoms with Crippen LogP contribution in [0, 0.1) is 0 Å². The first-order valence-corrected chi connectivity index (χ1v) is 29.5. The van der Waals surface area contributed by atoms with Crippen molar-refractivity contribution in [2.24, 2.45) is 0 Å². The molecule has 0 saturated carbocycles. The summed E-state index contributed by atoms with van der Waals surface area (Å²) >= 11 is 26.7. The van der Waals surface area contributed by atoms with Gasteiger partial charge in [-0.2, -0.15) is 0 Å². The Morgan fingerprint density at radius 2 is 0.415 bits per heavy atom. The van der Waals surface area contributed by atoms with Gasteiger partial charge < -0.3 is 0 Å². The fourth-order valence-corrected chi connectivity index (χ4v) is 20.6. The van der Waals surface area contributed by atoms with E-state index >= 15 is 0 Å². The van der Waals surface area contributed by atoms with E-state index in [0.29, 0.717) is 0 Å². The maximum atomic E-state index is 2.53. The quantitative estimate of drug-likeness (QED) is 0.0937. The molecule has 0 aliphatic rings. The first kappa shape index (κ1) is 40.1. The molecule has 0 nitrogen and oxygen atoms in total. The van der Waals surface area contributed by atoms with Crippen LogP contribution < -0.4 is 16.5 Å². The summed E-state index contributed by atoms with van der Waals surface area (Å²) in [6.45, 7) is 0. The maximum absolute atomic E-state index is 3.66. The van der Waals surface area contributed by atoms with Crippen LogP contribution in [0.1, 0.15) is 22.3 Å². The van der Waals surface area contributed by atoms with Gasteiger partial charge in [-0.05, 0) is 0 Å². The summed E-state index contributed by atoms with van der Waals surface area (Å²) in [5.74, 6) is 0. The van der Waals surface area contributed by atoms with E-state index in [1.54, 1.807) is 0 Å². The molecular weight excluding hydrogens is 1930 g/mol. The summed E-state index contributed by atoms with van der Waals surface area (Å²) in [7, 11) is 0. The molecule has 216 valence electrons. The van der Waals surface area contributed by atoms with Crippen molar-refractivity contribution in [2.75, 3.05) is 0 Å². The number of hydrogen-bond acceptors (Lipinski definition) is 0. The van der Waals surface area contributed by atoms with Gasteiger partial charge in [0.05, 0.1) is 0 Å². The van der Waals surface area contributed by atoms with E-state index in [9.17, 15) is 0 Å². The molecule has 4 aromatic rings. The Morgan fingerprint density at radius 3 is 0.537 bits per heavy atom. The van der Waals surface area contributed by atoms with Crippen molar-refractivity contribution in [2.45, 2.75) is -2.26 Å². The second-order valence-corrected chi connectivity index (χ2v) is 62.8. The van der Waals surface area contributed by atoms with Gasteiger partial charge in [-0.1, -0.05) is 0 Å². The van der Waals surface area contributed by atoms with E-state index in [-0.39, 0.29) is -2.26 Å². The molecule has 13 heteroatoms.